The zero-order valence-electron chi connectivity index (χ0n) is 6.34. The van der Waals surface area contributed by atoms with Crippen LogP contribution >= 0.6 is 11.3 Å². The molecule has 3 heteroatoms. The molecular formula is C7H10NOS+. The number of nitrogens with zero attached hydrogens (tertiary/aromatic N) is 1. The van der Waals surface area contributed by atoms with Crippen molar-refractivity contribution in [3.05, 3.63) is 16.1 Å². The summed E-state index contributed by atoms with van der Waals surface area (Å²) >= 11 is 1.50. The predicted molar refractivity (Wildman–Crippen MR) is 40.2 cm³/mol. The number of aromatic nitrogens is 1. The summed E-state index contributed by atoms with van der Waals surface area (Å²) in [5.74, 6) is 0.139. The highest BCUT2D eigenvalue weighted by Gasteiger charge is 2.16. The molecule has 0 N–H and O–H groups in total. The third-order valence-corrected chi connectivity index (χ3v) is 2.72. The fourth-order valence-electron chi connectivity index (χ4n) is 0.779. The van der Waals surface area contributed by atoms with Gasteiger partial charge >= 0.3 is 5.01 Å². The summed E-state index contributed by atoms with van der Waals surface area (Å²) < 4.78 is 1.91. The van der Waals surface area contributed by atoms with E-state index in [1.165, 1.54) is 11.3 Å². The van der Waals surface area contributed by atoms with Crippen LogP contribution < -0.4 is 4.57 Å². The standard InChI is InChI=1S/C7H10NOS/c1-5-4-10-7(6(2)9)8(5)3/h4H,1-3H3/q+1. The van der Waals surface area contributed by atoms with E-state index in [-0.39, 0.29) is 5.78 Å². The Balaban J connectivity index is 3.17. The summed E-state index contributed by atoms with van der Waals surface area (Å²) in [6, 6.07) is 0. The van der Waals surface area contributed by atoms with E-state index in [2.05, 4.69) is 0 Å². The maximum Gasteiger partial charge on any atom is 0.304 e. The van der Waals surface area contributed by atoms with Crippen molar-refractivity contribution in [3.63, 3.8) is 0 Å². The van der Waals surface area contributed by atoms with Gasteiger partial charge in [0.05, 0.1) is 5.38 Å². The number of Topliss-reactive ketones (excluding diaryl/α,β-unsaturated/α-hetero) is 1. The number of carbonyl (C=O) groups excluding carboxylic acids is 1. The molecule has 0 bridgehead atoms. The summed E-state index contributed by atoms with van der Waals surface area (Å²) in [6.07, 6.45) is 0. The van der Waals surface area contributed by atoms with Gasteiger partial charge in [0.1, 0.15) is 7.05 Å². The Morgan fingerprint density at radius 2 is 2.30 bits per heavy atom. The van der Waals surface area contributed by atoms with Crippen molar-refractivity contribution in [1.29, 1.82) is 0 Å². The number of ketones is 1. The molecule has 54 valence electrons. The van der Waals surface area contributed by atoms with Crippen molar-refractivity contribution in [2.45, 2.75) is 13.8 Å². The Hall–Kier alpha value is -0.700. The van der Waals surface area contributed by atoms with Gasteiger partial charge in [-0.3, -0.25) is 4.79 Å². The predicted octanol–water partition coefficient (Wildman–Crippen LogP) is 1.08. The lowest BCUT2D eigenvalue weighted by Crippen LogP contribution is -2.34. The van der Waals surface area contributed by atoms with Crippen molar-refractivity contribution in [1.82, 2.24) is 0 Å². The molecule has 1 aromatic rings. The van der Waals surface area contributed by atoms with Gasteiger partial charge in [0.25, 0.3) is 0 Å². The van der Waals surface area contributed by atoms with E-state index >= 15 is 0 Å². The van der Waals surface area contributed by atoms with Crippen LogP contribution in [-0.2, 0) is 7.05 Å². The maximum atomic E-state index is 10.9. The lowest BCUT2D eigenvalue weighted by atomic mass is 10.4. The first-order valence-corrected chi connectivity index (χ1v) is 3.96. The summed E-state index contributed by atoms with van der Waals surface area (Å²) in [4.78, 5) is 10.9. The van der Waals surface area contributed by atoms with E-state index in [9.17, 15) is 4.79 Å². The summed E-state index contributed by atoms with van der Waals surface area (Å²) in [5, 5.41) is 2.80. The first-order valence-electron chi connectivity index (χ1n) is 3.08. The van der Waals surface area contributed by atoms with Crippen LogP contribution in [-0.4, -0.2) is 5.78 Å². The van der Waals surface area contributed by atoms with E-state index in [4.69, 9.17) is 0 Å². The fourth-order valence-corrected chi connectivity index (χ4v) is 1.69. The molecule has 0 spiro atoms. The molecule has 2 nitrogen and oxygen atoms in total. The third-order valence-electron chi connectivity index (χ3n) is 1.48. The molecule has 0 aliphatic rings. The van der Waals surface area contributed by atoms with Gasteiger partial charge < -0.3 is 0 Å². The van der Waals surface area contributed by atoms with Gasteiger partial charge in [0, 0.05) is 13.8 Å². The van der Waals surface area contributed by atoms with Gasteiger partial charge in [-0.2, -0.15) is 4.57 Å². The molecular weight excluding hydrogens is 146 g/mol. The van der Waals surface area contributed by atoms with Crippen LogP contribution in [0.4, 0.5) is 0 Å². The Bertz CT molecular complexity index is 265. The number of hydrogen-bond donors (Lipinski definition) is 0. The number of thiazole rings is 1. The van der Waals surface area contributed by atoms with Crippen molar-refractivity contribution in [3.8, 4) is 0 Å². The third kappa shape index (κ3) is 1.09. The van der Waals surface area contributed by atoms with Crippen molar-refractivity contribution >= 4 is 17.1 Å². The molecule has 0 saturated heterocycles. The zero-order chi connectivity index (χ0) is 7.72. The Labute approximate surface area is 64.1 Å². The maximum absolute atomic E-state index is 10.9. The van der Waals surface area contributed by atoms with E-state index in [0.717, 1.165) is 10.7 Å². The molecule has 1 rings (SSSR count). The van der Waals surface area contributed by atoms with E-state index in [1.54, 1.807) is 6.92 Å². The molecule has 0 aliphatic heterocycles. The minimum Gasteiger partial charge on any atom is -0.287 e. The average Bonchev–Trinajstić information content (AvgIpc) is 2.14. The van der Waals surface area contributed by atoms with Crippen LogP contribution in [0.1, 0.15) is 22.4 Å². The highest BCUT2D eigenvalue weighted by atomic mass is 32.1. The average molecular weight is 156 g/mol. The minimum absolute atomic E-state index is 0.139. The molecule has 1 aromatic heterocycles. The summed E-state index contributed by atoms with van der Waals surface area (Å²) in [7, 11) is 1.91. The molecule has 1 heterocycles. The topological polar surface area (TPSA) is 20.9 Å². The SMILES string of the molecule is CC(=O)c1scc(C)[n+]1C. The van der Waals surface area contributed by atoms with Crippen LogP contribution in [0.15, 0.2) is 5.38 Å². The van der Waals surface area contributed by atoms with Crippen LogP contribution in [0, 0.1) is 6.92 Å². The second-order valence-corrected chi connectivity index (χ2v) is 3.16. The molecule has 0 aromatic carbocycles. The van der Waals surface area contributed by atoms with Gasteiger partial charge in [0.2, 0.25) is 5.78 Å². The lowest BCUT2D eigenvalue weighted by molar-refractivity contribution is -0.674. The molecule has 0 saturated carbocycles. The quantitative estimate of drug-likeness (QED) is 0.440. The van der Waals surface area contributed by atoms with Crippen molar-refractivity contribution in [2.24, 2.45) is 7.05 Å². The van der Waals surface area contributed by atoms with Gasteiger partial charge in [-0.1, -0.05) is 11.3 Å². The largest absolute Gasteiger partial charge is 0.304 e. The summed E-state index contributed by atoms with van der Waals surface area (Å²) in [6.45, 7) is 3.58. The monoisotopic (exact) mass is 156 g/mol. The van der Waals surface area contributed by atoms with E-state index in [1.807, 2.05) is 23.9 Å². The van der Waals surface area contributed by atoms with Gasteiger partial charge in [0.15, 0.2) is 5.69 Å². The second kappa shape index (κ2) is 2.50. The molecule has 0 aliphatic carbocycles. The zero-order valence-corrected chi connectivity index (χ0v) is 7.16. The molecule has 0 atom stereocenters. The number of rotatable bonds is 1. The smallest absolute Gasteiger partial charge is 0.287 e. The number of aryl methyl sites for hydroxylation is 1. The Kier molecular flexibility index (Phi) is 1.85. The first-order chi connectivity index (χ1) is 4.63. The van der Waals surface area contributed by atoms with Crippen LogP contribution in [0.5, 0.6) is 0 Å². The lowest BCUT2D eigenvalue weighted by Gasteiger charge is -1.85. The van der Waals surface area contributed by atoms with Crippen molar-refractivity contribution in [2.75, 3.05) is 0 Å². The van der Waals surface area contributed by atoms with Crippen LogP contribution in [0.3, 0.4) is 0 Å². The van der Waals surface area contributed by atoms with E-state index < -0.39 is 0 Å². The highest BCUT2D eigenvalue weighted by Crippen LogP contribution is 2.05. The van der Waals surface area contributed by atoms with Gasteiger partial charge in [-0.15, -0.1) is 0 Å². The minimum atomic E-state index is 0.139. The molecule has 0 fully saturated rings. The number of hydrogen-bond acceptors (Lipinski definition) is 2. The first kappa shape index (κ1) is 7.41. The summed E-state index contributed by atoms with van der Waals surface area (Å²) in [5.41, 5.74) is 1.13. The Morgan fingerprint density at radius 1 is 1.70 bits per heavy atom. The molecule has 0 unspecified atom stereocenters. The Morgan fingerprint density at radius 3 is 2.50 bits per heavy atom. The van der Waals surface area contributed by atoms with Crippen LogP contribution in [0.25, 0.3) is 0 Å². The van der Waals surface area contributed by atoms with Gasteiger partial charge in [-0.05, 0) is 0 Å². The van der Waals surface area contributed by atoms with E-state index in [0.29, 0.717) is 0 Å². The van der Waals surface area contributed by atoms with Crippen molar-refractivity contribution < 1.29 is 9.36 Å². The molecule has 0 amide bonds. The van der Waals surface area contributed by atoms with Gasteiger partial charge in [-0.25, -0.2) is 0 Å². The normalized spacial score (nSPS) is 9.90. The number of carbonyl (C=O) groups is 1. The highest BCUT2D eigenvalue weighted by molar-refractivity contribution is 7.11. The molecule has 0 radical (unpaired) electrons. The van der Waals surface area contributed by atoms with Crippen LogP contribution in [0.2, 0.25) is 0 Å². The molecule has 10 heavy (non-hydrogen) atoms. The fraction of sp³-hybridized carbons (Fsp3) is 0.429. The second-order valence-electron chi connectivity index (χ2n) is 2.30.